The van der Waals surface area contributed by atoms with E-state index >= 15 is 0 Å². The van der Waals surface area contributed by atoms with Crippen LogP contribution in [0, 0.1) is 5.92 Å². The number of H-pyrrole nitrogens is 1. The predicted molar refractivity (Wildman–Crippen MR) is 115 cm³/mol. The highest BCUT2D eigenvalue weighted by Gasteiger charge is 2.49. The van der Waals surface area contributed by atoms with E-state index in [1.807, 2.05) is 6.07 Å². The number of pyridine rings is 1. The lowest BCUT2D eigenvalue weighted by atomic mass is 9.78. The van der Waals surface area contributed by atoms with Gasteiger partial charge in [-0.05, 0) is 31.4 Å². The summed E-state index contributed by atoms with van der Waals surface area (Å²) in [6.07, 6.45) is -1.39. The summed E-state index contributed by atoms with van der Waals surface area (Å²) in [6.45, 7) is 5.40. The van der Waals surface area contributed by atoms with Crippen LogP contribution in [0.4, 0.5) is 19.0 Å². The molecule has 5 heterocycles. The molecule has 6 rings (SSSR count). The third kappa shape index (κ3) is 3.57. The Morgan fingerprint density at radius 3 is 2.79 bits per heavy atom. The van der Waals surface area contributed by atoms with Crippen molar-refractivity contribution in [3.8, 4) is 5.82 Å². The molecule has 1 atom stereocenters. The van der Waals surface area contributed by atoms with Crippen LogP contribution in [0.1, 0.15) is 31.0 Å². The molecule has 0 unspecified atom stereocenters. The van der Waals surface area contributed by atoms with E-state index in [9.17, 15) is 13.2 Å². The van der Waals surface area contributed by atoms with Crippen molar-refractivity contribution in [2.75, 3.05) is 31.2 Å². The summed E-state index contributed by atoms with van der Waals surface area (Å²) in [4.78, 5) is 9.45. The number of anilines is 1. The monoisotopic (exact) mass is 461 g/mol. The van der Waals surface area contributed by atoms with Crippen LogP contribution in [0.15, 0.2) is 18.3 Å². The van der Waals surface area contributed by atoms with Gasteiger partial charge in [-0.25, -0.2) is 4.98 Å². The zero-order valence-electron chi connectivity index (χ0n) is 18.3. The first-order chi connectivity index (χ1) is 15.9. The molecule has 11 heteroatoms. The molecular formula is C22H26F3N7O. The SMILES string of the molecule is C[C@@H]1COCCN1c1cc2c3c(nn(-c4ccn[nH]4)c3n1)CCN(C1CC(C(F)(F)F)C1)C2. The van der Waals surface area contributed by atoms with Crippen LogP contribution < -0.4 is 4.90 Å². The molecule has 0 radical (unpaired) electrons. The number of rotatable bonds is 3. The zero-order chi connectivity index (χ0) is 22.7. The number of morpholine rings is 1. The number of halogens is 3. The number of hydrogen-bond acceptors (Lipinski definition) is 6. The van der Waals surface area contributed by atoms with Crippen molar-refractivity contribution in [3.63, 3.8) is 0 Å². The number of ether oxygens (including phenoxy) is 1. The highest BCUT2D eigenvalue weighted by atomic mass is 19.4. The van der Waals surface area contributed by atoms with Gasteiger partial charge in [-0.3, -0.25) is 10.00 Å². The molecule has 0 amide bonds. The number of aromatic amines is 1. The van der Waals surface area contributed by atoms with Gasteiger partial charge in [-0.1, -0.05) is 0 Å². The third-order valence-corrected chi connectivity index (χ3v) is 7.26. The number of nitrogens with one attached hydrogen (secondary N) is 1. The highest BCUT2D eigenvalue weighted by Crippen LogP contribution is 2.44. The Balaban J connectivity index is 1.40. The molecule has 1 aliphatic carbocycles. The molecule has 2 fully saturated rings. The van der Waals surface area contributed by atoms with Crippen molar-refractivity contribution < 1.29 is 17.9 Å². The normalized spacial score (nSPS) is 26.4. The van der Waals surface area contributed by atoms with E-state index in [-0.39, 0.29) is 24.9 Å². The molecule has 1 saturated carbocycles. The minimum Gasteiger partial charge on any atom is -0.377 e. The minimum absolute atomic E-state index is 0.0469. The number of aromatic nitrogens is 5. The quantitative estimate of drug-likeness (QED) is 0.646. The molecule has 8 nitrogen and oxygen atoms in total. The van der Waals surface area contributed by atoms with Crippen LogP contribution in [0.2, 0.25) is 0 Å². The summed E-state index contributed by atoms with van der Waals surface area (Å²) in [5.41, 5.74) is 2.75. The topological polar surface area (TPSA) is 75.1 Å². The fourth-order valence-corrected chi connectivity index (χ4v) is 5.32. The van der Waals surface area contributed by atoms with Gasteiger partial charge in [0.05, 0.1) is 37.1 Å². The van der Waals surface area contributed by atoms with Crippen LogP contribution in [0.5, 0.6) is 0 Å². The molecule has 1 N–H and O–H groups in total. The first-order valence-electron chi connectivity index (χ1n) is 11.4. The lowest BCUT2D eigenvalue weighted by Gasteiger charge is -2.43. The second-order valence-corrected chi connectivity index (χ2v) is 9.34. The van der Waals surface area contributed by atoms with E-state index in [1.165, 1.54) is 0 Å². The third-order valence-electron chi connectivity index (χ3n) is 7.26. The summed E-state index contributed by atoms with van der Waals surface area (Å²) in [5, 5.41) is 12.9. The molecular weight excluding hydrogens is 435 g/mol. The molecule has 3 aliphatic rings. The summed E-state index contributed by atoms with van der Waals surface area (Å²) < 4.78 is 46.7. The maximum Gasteiger partial charge on any atom is 0.391 e. The fraction of sp³-hybridized carbons (Fsp3) is 0.591. The second-order valence-electron chi connectivity index (χ2n) is 9.34. The van der Waals surface area contributed by atoms with Gasteiger partial charge in [0.1, 0.15) is 5.82 Å². The fourth-order valence-electron chi connectivity index (χ4n) is 5.32. The van der Waals surface area contributed by atoms with Crippen molar-refractivity contribution >= 4 is 16.9 Å². The van der Waals surface area contributed by atoms with Crippen LogP contribution >= 0.6 is 0 Å². The second kappa shape index (κ2) is 7.69. The van der Waals surface area contributed by atoms with Crippen molar-refractivity contribution in [3.05, 3.63) is 29.6 Å². The molecule has 1 saturated heterocycles. The van der Waals surface area contributed by atoms with Gasteiger partial charge in [0, 0.05) is 43.5 Å². The first-order valence-corrected chi connectivity index (χ1v) is 11.4. The smallest absolute Gasteiger partial charge is 0.377 e. The molecule has 3 aromatic heterocycles. The maximum atomic E-state index is 13.1. The van der Waals surface area contributed by atoms with Crippen LogP contribution in [-0.2, 0) is 17.7 Å². The van der Waals surface area contributed by atoms with E-state index < -0.39 is 12.1 Å². The summed E-state index contributed by atoms with van der Waals surface area (Å²) in [7, 11) is 0. The molecule has 0 bridgehead atoms. The van der Waals surface area contributed by atoms with E-state index in [0.29, 0.717) is 32.7 Å². The van der Waals surface area contributed by atoms with Crippen molar-refractivity contribution in [1.82, 2.24) is 29.9 Å². The van der Waals surface area contributed by atoms with Gasteiger partial charge < -0.3 is 9.64 Å². The summed E-state index contributed by atoms with van der Waals surface area (Å²) in [6, 6.07) is 4.09. The minimum atomic E-state index is -4.10. The van der Waals surface area contributed by atoms with E-state index in [0.717, 1.165) is 40.5 Å². The van der Waals surface area contributed by atoms with E-state index in [4.69, 9.17) is 14.8 Å². The Morgan fingerprint density at radius 1 is 1.21 bits per heavy atom. The van der Waals surface area contributed by atoms with Crippen LogP contribution in [-0.4, -0.2) is 74.4 Å². The average molecular weight is 461 g/mol. The number of nitrogens with zero attached hydrogens (tertiary/aromatic N) is 6. The summed E-state index contributed by atoms with van der Waals surface area (Å²) >= 11 is 0. The lowest BCUT2D eigenvalue weighted by molar-refractivity contribution is -0.207. The first kappa shape index (κ1) is 20.9. The standard InChI is InChI=1S/C22H26F3N7O/c1-13-12-33-7-6-31(13)19-8-14-11-30(16-9-15(10-16)22(23,24)25)5-3-17-20(14)21(27-19)32(29-17)18-2-4-26-28-18/h2,4,8,13,15-16H,3,5-7,9-12H2,1H3,(H,26,28)/t13-,15?,16?/m1/s1. The maximum absolute atomic E-state index is 13.1. The number of hydrogen-bond donors (Lipinski definition) is 1. The zero-order valence-corrected chi connectivity index (χ0v) is 18.3. The molecule has 0 spiro atoms. The predicted octanol–water partition coefficient (Wildman–Crippen LogP) is 3.07. The summed E-state index contributed by atoms with van der Waals surface area (Å²) in [5.74, 6) is 0.408. The Hall–Kier alpha value is -2.66. The molecule has 176 valence electrons. The van der Waals surface area contributed by atoms with Gasteiger partial charge in [0.25, 0.3) is 0 Å². The van der Waals surface area contributed by atoms with Gasteiger partial charge in [0.15, 0.2) is 11.5 Å². The van der Waals surface area contributed by atoms with Crippen molar-refractivity contribution in [2.45, 2.75) is 51.0 Å². The number of alkyl halides is 3. The average Bonchev–Trinajstić information content (AvgIpc) is 3.34. The molecule has 0 aromatic carbocycles. The van der Waals surface area contributed by atoms with Crippen molar-refractivity contribution in [1.29, 1.82) is 0 Å². The van der Waals surface area contributed by atoms with Crippen LogP contribution in [0.25, 0.3) is 16.9 Å². The van der Waals surface area contributed by atoms with E-state index in [1.54, 1.807) is 10.9 Å². The highest BCUT2D eigenvalue weighted by molar-refractivity contribution is 5.86. The Labute approximate surface area is 188 Å². The Morgan fingerprint density at radius 2 is 2.06 bits per heavy atom. The van der Waals surface area contributed by atoms with Crippen LogP contribution in [0.3, 0.4) is 0 Å². The van der Waals surface area contributed by atoms with Gasteiger partial charge in [0.2, 0.25) is 0 Å². The largest absolute Gasteiger partial charge is 0.391 e. The molecule has 3 aromatic rings. The van der Waals surface area contributed by atoms with Gasteiger partial charge >= 0.3 is 6.18 Å². The van der Waals surface area contributed by atoms with Crippen molar-refractivity contribution in [2.24, 2.45) is 5.92 Å². The Kier molecular flexibility index (Phi) is 4.88. The molecule has 33 heavy (non-hydrogen) atoms. The lowest BCUT2D eigenvalue weighted by Crippen LogP contribution is -2.49. The van der Waals surface area contributed by atoms with E-state index in [2.05, 4.69) is 33.0 Å². The van der Waals surface area contributed by atoms with Gasteiger partial charge in [-0.2, -0.15) is 28.1 Å². The van der Waals surface area contributed by atoms with Gasteiger partial charge in [-0.15, -0.1) is 0 Å². The Bertz CT molecular complexity index is 1150. The molecule has 2 aliphatic heterocycles.